The predicted molar refractivity (Wildman–Crippen MR) is 87.6 cm³/mol. The van der Waals surface area contributed by atoms with Crippen LogP contribution in [0.25, 0.3) is 0 Å². The van der Waals surface area contributed by atoms with E-state index in [4.69, 9.17) is 0 Å². The maximum absolute atomic E-state index is 10.7. The molecule has 1 N–H and O–H groups in total. The first kappa shape index (κ1) is 14.3. The first-order valence-corrected chi connectivity index (χ1v) is 7.95. The number of hydrogen-bond donors (Lipinski definition) is 1. The lowest BCUT2D eigenvalue weighted by molar-refractivity contribution is 0.0990. The van der Waals surface area contributed by atoms with Gasteiger partial charge in [0.15, 0.2) is 0 Å². The fraction of sp³-hybridized carbons (Fsp3) is 0.400. The summed E-state index contributed by atoms with van der Waals surface area (Å²) in [7, 11) is 0. The van der Waals surface area contributed by atoms with Gasteiger partial charge < -0.3 is 5.11 Å². The highest BCUT2D eigenvalue weighted by molar-refractivity contribution is 5.34. The minimum Gasteiger partial charge on any atom is -0.392 e. The largest absolute Gasteiger partial charge is 0.392 e. The Morgan fingerprint density at radius 3 is 2.38 bits per heavy atom. The zero-order valence-electron chi connectivity index (χ0n) is 13.0. The van der Waals surface area contributed by atoms with Gasteiger partial charge in [-0.1, -0.05) is 42.5 Å². The van der Waals surface area contributed by atoms with Gasteiger partial charge in [0.25, 0.3) is 0 Å². The molecule has 110 valence electrons. The summed E-state index contributed by atoms with van der Waals surface area (Å²) in [5.74, 6) is 0.388. The van der Waals surface area contributed by atoms with Gasteiger partial charge >= 0.3 is 0 Å². The molecule has 0 heterocycles. The van der Waals surface area contributed by atoms with Crippen molar-refractivity contribution in [3.05, 3.63) is 70.3 Å². The molecule has 2 unspecified atom stereocenters. The molecular formula is C20H24O. The molecule has 0 aromatic heterocycles. The van der Waals surface area contributed by atoms with E-state index in [2.05, 4.69) is 56.3 Å². The first-order chi connectivity index (χ1) is 10.1. The Hall–Kier alpha value is -1.60. The fourth-order valence-corrected chi connectivity index (χ4v) is 3.60. The van der Waals surface area contributed by atoms with Crippen LogP contribution in [-0.4, -0.2) is 11.2 Å². The summed E-state index contributed by atoms with van der Waals surface area (Å²) < 4.78 is 0. The van der Waals surface area contributed by atoms with Crippen LogP contribution in [0.4, 0.5) is 0 Å². The van der Waals surface area contributed by atoms with E-state index in [1.165, 1.54) is 27.8 Å². The van der Waals surface area contributed by atoms with Crippen molar-refractivity contribution in [2.24, 2.45) is 5.92 Å². The highest BCUT2D eigenvalue weighted by Gasteiger charge is 2.25. The number of hydrogen-bond acceptors (Lipinski definition) is 1. The summed E-state index contributed by atoms with van der Waals surface area (Å²) in [5.41, 5.74) is 6.81. The zero-order valence-corrected chi connectivity index (χ0v) is 13.0. The number of aryl methyl sites for hydroxylation is 3. The lowest BCUT2D eigenvalue weighted by atomic mass is 9.79. The average molecular weight is 280 g/mol. The molecule has 3 rings (SSSR count). The van der Waals surface area contributed by atoms with E-state index in [9.17, 15) is 5.11 Å². The van der Waals surface area contributed by atoms with Gasteiger partial charge in [-0.05, 0) is 73.3 Å². The van der Waals surface area contributed by atoms with Crippen molar-refractivity contribution >= 4 is 0 Å². The van der Waals surface area contributed by atoms with Gasteiger partial charge in [-0.25, -0.2) is 0 Å². The number of aliphatic hydroxyl groups is 1. The molecule has 0 fully saturated rings. The predicted octanol–water partition coefficient (Wildman–Crippen LogP) is 4.01. The first-order valence-electron chi connectivity index (χ1n) is 7.95. The van der Waals surface area contributed by atoms with Gasteiger partial charge in [-0.15, -0.1) is 0 Å². The third-order valence-electron chi connectivity index (χ3n) is 4.99. The van der Waals surface area contributed by atoms with E-state index >= 15 is 0 Å². The molecule has 1 aliphatic carbocycles. The van der Waals surface area contributed by atoms with Gasteiger partial charge in [0.05, 0.1) is 6.10 Å². The normalized spacial score (nSPS) is 19.1. The molecule has 21 heavy (non-hydrogen) atoms. The Labute approximate surface area is 127 Å². The van der Waals surface area contributed by atoms with Gasteiger partial charge in [0, 0.05) is 0 Å². The topological polar surface area (TPSA) is 20.2 Å². The second kappa shape index (κ2) is 6.03. The van der Waals surface area contributed by atoms with Crippen LogP contribution >= 0.6 is 0 Å². The maximum Gasteiger partial charge on any atom is 0.0612 e. The number of rotatable bonds is 3. The third-order valence-corrected chi connectivity index (χ3v) is 4.99. The third kappa shape index (κ3) is 3.03. The molecule has 0 aliphatic heterocycles. The molecule has 1 aliphatic rings. The van der Waals surface area contributed by atoms with E-state index in [-0.39, 0.29) is 6.10 Å². The summed E-state index contributed by atoms with van der Waals surface area (Å²) in [4.78, 5) is 0. The number of aliphatic hydroxyl groups excluding tert-OH is 1. The van der Waals surface area contributed by atoms with E-state index in [1.807, 2.05) is 0 Å². The van der Waals surface area contributed by atoms with Crippen LogP contribution in [0.2, 0.25) is 0 Å². The van der Waals surface area contributed by atoms with E-state index in [0.717, 1.165) is 25.7 Å². The van der Waals surface area contributed by atoms with E-state index in [0.29, 0.717) is 5.92 Å². The smallest absolute Gasteiger partial charge is 0.0612 e. The summed E-state index contributed by atoms with van der Waals surface area (Å²) in [6.45, 7) is 4.29. The Morgan fingerprint density at radius 2 is 1.67 bits per heavy atom. The SMILES string of the molecule is Cc1cccc(C)c1CC(O)C1CCc2ccccc2C1. The van der Waals surface area contributed by atoms with Gasteiger partial charge in [-0.3, -0.25) is 0 Å². The molecule has 0 bridgehead atoms. The molecule has 2 aromatic rings. The van der Waals surface area contributed by atoms with Crippen LogP contribution in [0.5, 0.6) is 0 Å². The summed E-state index contributed by atoms with van der Waals surface area (Å²) in [5, 5.41) is 10.7. The van der Waals surface area contributed by atoms with Gasteiger partial charge in [-0.2, -0.15) is 0 Å². The molecule has 2 aromatic carbocycles. The highest BCUT2D eigenvalue weighted by Crippen LogP contribution is 2.29. The van der Waals surface area contributed by atoms with Crippen LogP contribution in [0.1, 0.15) is 34.2 Å². The zero-order chi connectivity index (χ0) is 14.8. The van der Waals surface area contributed by atoms with Crippen molar-refractivity contribution in [1.82, 2.24) is 0 Å². The van der Waals surface area contributed by atoms with E-state index in [1.54, 1.807) is 0 Å². The van der Waals surface area contributed by atoms with Gasteiger partial charge in [0.1, 0.15) is 0 Å². The second-order valence-corrected chi connectivity index (χ2v) is 6.41. The van der Waals surface area contributed by atoms with Crippen LogP contribution in [-0.2, 0) is 19.3 Å². The minimum absolute atomic E-state index is 0.238. The Balaban J connectivity index is 1.74. The highest BCUT2D eigenvalue weighted by atomic mass is 16.3. The molecule has 0 spiro atoms. The molecule has 0 saturated heterocycles. The molecule has 2 atom stereocenters. The lowest BCUT2D eigenvalue weighted by Gasteiger charge is -2.29. The van der Waals surface area contributed by atoms with Gasteiger partial charge in [0.2, 0.25) is 0 Å². The standard InChI is InChI=1S/C20H24O/c1-14-6-5-7-15(2)19(14)13-20(21)18-11-10-16-8-3-4-9-17(16)12-18/h3-9,18,20-21H,10-13H2,1-2H3. The lowest BCUT2D eigenvalue weighted by Crippen LogP contribution is -2.29. The maximum atomic E-state index is 10.7. The molecule has 0 radical (unpaired) electrons. The summed E-state index contributed by atoms with van der Waals surface area (Å²) >= 11 is 0. The fourth-order valence-electron chi connectivity index (χ4n) is 3.60. The average Bonchev–Trinajstić information content (AvgIpc) is 2.50. The Kier molecular flexibility index (Phi) is 4.12. The van der Waals surface area contributed by atoms with Crippen LogP contribution in [0, 0.1) is 19.8 Å². The van der Waals surface area contributed by atoms with Crippen LogP contribution in [0.15, 0.2) is 42.5 Å². The van der Waals surface area contributed by atoms with Crippen molar-refractivity contribution in [3.63, 3.8) is 0 Å². The molecular weight excluding hydrogens is 256 g/mol. The summed E-state index contributed by atoms with van der Waals surface area (Å²) in [6.07, 6.45) is 3.76. The monoisotopic (exact) mass is 280 g/mol. The van der Waals surface area contributed by atoms with Crippen LogP contribution in [0.3, 0.4) is 0 Å². The number of fused-ring (bicyclic) bond motifs is 1. The van der Waals surface area contributed by atoms with Crippen molar-refractivity contribution < 1.29 is 5.11 Å². The van der Waals surface area contributed by atoms with Crippen molar-refractivity contribution in [3.8, 4) is 0 Å². The van der Waals surface area contributed by atoms with Crippen molar-refractivity contribution in [2.45, 2.75) is 45.6 Å². The van der Waals surface area contributed by atoms with Crippen LogP contribution < -0.4 is 0 Å². The molecule has 1 nitrogen and oxygen atoms in total. The molecule has 1 heteroatoms. The summed E-state index contributed by atoms with van der Waals surface area (Å²) in [6, 6.07) is 15.1. The number of benzene rings is 2. The van der Waals surface area contributed by atoms with E-state index < -0.39 is 0 Å². The van der Waals surface area contributed by atoms with Crippen molar-refractivity contribution in [1.29, 1.82) is 0 Å². The minimum atomic E-state index is -0.238. The Morgan fingerprint density at radius 1 is 1.00 bits per heavy atom. The second-order valence-electron chi connectivity index (χ2n) is 6.41. The quantitative estimate of drug-likeness (QED) is 0.900. The molecule has 0 saturated carbocycles. The van der Waals surface area contributed by atoms with Crippen molar-refractivity contribution in [2.75, 3.05) is 0 Å². The molecule has 0 amide bonds. The Bertz CT molecular complexity index is 609.